The van der Waals surface area contributed by atoms with Crippen LogP contribution in [0.15, 0.2) is 18.2 Å². The Labute approximate surface area is 101 Å². The first-order valence-electron chi connectivity index (χ1n) is 5.48. The number of hydrogen-bond donors (Lipinski definition) is 0. The third kappa shape index (κ3) is 3.53. The van der Waals surface area contributed by atoms with Crippen LogP contribution in [0, 0.1) is 5.82 Å². The van der Waals surface area contributed by atoms with Crippen LogP contribution in [0.3, 0.4) is 0 Å². The first-order chi connectivity index (χ1) is 8.10. The van der Waals surface area contributed by atoms with Gasteiger partial charge in [-0.15, -0.1) is 0 Å². The highest BCUT2D eigenvalue weighted by atomic mass is 19.1. The van der Waals surface area contributed by atoms with Crippen molar-refractivity contribution in [2.75, 3.05) is 14.2 Å². The summed E-state index contributed by atoms with van der Waals surface area (Å²) in [6, 6.07) is 4.57. The van der Waals surface area contributed by atoms with E-state index < -0.39 is 5.82 Å². The van der Waals surface area contributed by atoms with Crippen molar-refractivity contribution in [3.05, 3.63) is 29.6 Å². The van der Waals surface area contributed by atoms with Gasteiger partial charge in [0.2, 0.25) is 0 Å². The molecule has 0 saturated carbocycles. The molecule has 0 bridgehead atoms. The predicted molar refractivity (Wildman–Crippen MR) is 63.0 cm³/mol. The lowest BCUT2D eigenvalue weighted by molar-refractivity contribution is 0.0874. The monoisotopic (exact) mass is 240 g/mol. The van der Waals surface area contributed by atoms with Gasteiger partial charge >= 0.3 is 0 Å². The molecular formula is C13H17FO3. The summed E-state index contributed by atoms with van der Waals surface area (Å²) in [7, 11) is 2.96. The fourth-order valence-corrected chi connectivity index (χ4v) is 1.47. The molecule has 0 aliphatic rings. The van der Waals surface area contributed by atoms with E-state index in [9.17, 15) is 9.18 Å². The Balaban J connectivity index is 2.75. The minimum Gasteiger partial charge on any atom is -0.494 e. The van der Waals surface area contributed by atoms with Gasteiger partial charge in [0, 0.05) is 13.5 Å². The third-order valence-electron chi connectivity index (χ3n) is 2.66. The van der Waals surface area contributed by atoms with Crippen LogP contribution >= 0.6 is 0 Å². The van der Waals surface area contributed by atoms with Crippen LogP contribution in [0.2, 0.25) is 0 Å². The van der Waals surface area contributed by atoms with Crippen LogP contribution in [0.4, 0.5) is 4.39 Å². The van der Waals surface area contributed by atoms with E-state index in [2.05, 4.69) is 0 Å². The highest BCUT2D eigenvalue weighted by molar-refractivity contribution is 5.96. The van der Waals surface area contributed by atoms with E-state index in [1.165, 1.54) is 19.2 Å². The van der Waals surface area contributed by atoms with Gasteiger partial charge in [-0.1, -0.05) is 6.07 Å². The van der Waals surface area contributed by atoms with Crippen LogP contribution in [-0.4, -0.2) is 26.1 Å². The standard InChI is InChI=1S/C13H17FO3/c1-9(16-2)7-8-11(15)10-5-4-6-12(17-3)13(10)14/h4-6,9H,7-8H2,1-3H3. The Morgan fingerprint density at radius 3 is 2.71 bits per heavy atom. The smallest absolute Gasteiger partial charge is 0.175 e. The van der Waals surface area contributed by atoms with Crippen molar-refractivity contribution in [2.24, 2.45) is 0 Å². The van der Waals surface area contributed by atoms with E-state index in [0.717, 1.165) is 0 Å². The average molecular weight is 240 g/mol. The molecule has 0 heterocycles. The first-order valence-corrected chi connectivity index (χ1v) is 5.48. The molecule has 1 aromatic rings. The third-order valence-corrected chi connectivity index (χ3v) is 2.66. The molecule has 0 radical (unpaired) electrons. The summed E-state index contributed by atoms with van der Waals surface area (Å²) in [5.74, 6) is -0.731. The van der Waals surface area contributed by atoms with Crippen LogP contribution in [-0.2, 0) is 4.74 Å². The van der Waals surface area contributed by atoms with Gasteiger partial charge in [-0.25, -0.2) is 4.39 Å². The summed E-state index contributed by atoms with van der Waals surface area (Å²) in [5, 5.41) is 0. The van der Waals surface area contributed by atoms with Gasteiger partial charge in [-0.2, -0.15) is 0 Å². The fraction of sp³-hybridized carbons (Fsp3) is 0.462. The Bertz CT molecular complexity index is 390. The molecule has 0 N–H and O–H groups in total. The second-order valence-corrected chi connectivity index (χ2v) is 3.83. The summed E-state index contributed by atoms with van der Waals surface area (Å²) in [6.07, 6.45) is 0.832. The maximum Gasteiger partial charge on any atom is 0.175 e. The number of methoxy groups -OCH3 is 2. The highest BCUT2D eigenvalue weighted by Gasteiger charge is 2.15. The Morgan fingerprint density at radius 2 is 2.12 bits per heavy atom. The summed E-state index contributed by atoms with van der Waals surface area (Å²) in [5.41, 5.74) is 0.0765. The number of ketones is 1. The van der Waals surface area contributed by atoms with E-state index >= 15 is 0 Å². The SMILES string of the molecule is COc1cccc(C(=O)CCC(C)OC)c1F. The Hall–Kier alpha value is -1.42. The molecule has 17 heavy (non-hydrogen) atoms. The number of benzene rings is 1. The van der Waals surface area contributed by atoms with Crippen molar-refractivity contribution in [3.63, 3.8) is 0 Å². The lowest BCUT2D eigenvalue weighted by Gasteiger charge is -2.09. The van der Waals surface area contributed by atoms with E-state index in [-0.39, 0.29) is 29.6 Å². The zero-order valence-corrected chi connectivity index (χ0v) is 10.3. The molecule has 0 aliphatic carbocycles. The summed E-state index contributed by atoms with van der Waals surface area (Å²) in [6.45, 7) is 1.87. The van der Waals surface area contributed by atoms with Crippen molar-refractivity contribution in [1.29, 1.82) is 0 Å². The predicted octanol–water partition coefficient (Wildman–Crippen LogP) is 2.83. The molecule has 0 fully saturated rings. The minimum atomic E-state index is -0.593. The molecule has 0 aliphatic heterocycles. The second kappa shape index (κ2) is 6.35. The molecule has 4 heteroatoms. The van der Waals surface area contributed by atoms with Gasteiger partial charge in [-0.3, -0.25) is 4.79 Å². The maximum absolute atomic E-state index is 13.8. The molecule has 1 aromatic carbocycles. The lowest BCUT2D eigenvalue weighted by Crippen LogP contribution is -2.10. The number of hydrogen-bond acceptors (Lipinski definition) is 3. The number of carbonyl (C=O) groups is 1. The summed E-state index contributed by atoms with van der Waals surface area (Å²) >= 11 is 0. The molecule has 1 rings (SSSR count). The number of halogens is 1. The molecule has 94 valence electrons. The average Bonchev–Trinajstić information content (AvgIpc) is 2.35. The van der Waals surface area contributed by atoms with Gasteiger partial charge in [0.25, 0.3) is 0 Å². The molecule has 0 amide bonds. The largest absolute Gasteiger partial charge is 0.494 e. The highest BCUT2D eigenvalue weighted by Crippen LogP contribution is 2.21. The van der Waals surface area contributed by atoms with Crippen molar-refractivity contribution >= 4 is 5.78 Å². The first kappa shape index (κ1) is 13.6. The van der Waals surface area contributed by atoms with E-state index in [1.807, 2.05) is 6.92 Å². The van der Waals surface area contributed by atoms with Crippen molar-refractivity contribution in [2.45, 2.75) is 25.9 Å². The molecule has 3 nitrogen and oxygen atoms in total. The summed E-state index contributed by atoms with van der Waals surface area (Å²) in [4.78, 5) is 11.8. The molecule has 0 saturated heterocycles. The zero-order chi connectivity index (χ0) is 12.8. The van der Waals surface area contributed by atoms with Gasteiger partial charge in [0.1, 0.15) is 0 Å². The number of Topliss-reactive ketones (excluding diaryl/α,β-unsaturated/α-hetero) is 1. The van der Waals surface area contributed by atoms with E-state index in [1.54, 1.807) is 13.2 Å². The molecular weight excluding hydrogens is 223 g/mol. The molecule has 1 atom stereocenters. The van der Waals surface area contributed by atoms with Crippen molar-refractivity contribution in [3.8, 4) is 5.75 Å². The summed E-state index contributed by atoms with van der Waals surface area (Å²) < 4.78 is 23.6. The van der Waals surface area contributed by atoms with Crippen LogP contribution in [0.25, 0.3) is 0 Å². The minimum absolute atomic E-state index is 0.00683. The Kier molecular flexibility index (Phi) is 5.10. The normalized spacial score (nSPS) is 12.2. The number of carbonyl (C=O) groups excluding carboxylic acids is 1. The number of rotatable bonds is 6. The molecule has 0 spiro atoms. The van der Waals surface area contributed by atoms with Crippen LogP contribution in [0.1, 0.15) is 30.1 Å². The molecule has 1 unspecified atom stereocenters. The van der Waals surface area contributed by atoms with Crippen LogP contribution < -0.4 is 4.74 Å². The van der Waals surface area contributed by atoms with E-state index in [0.29, 0.717) is 6.42 Å². The fourth-order valence-electron chi connectivity index (χ4n) is 1.47. The van der Waals surface area contributed by atoms with Gasteiger partial charge < -0.3 is 9.47 Å². The second-order valence-electron chi connectivity index (χ2n) is 3.83. The van der Waals surface area contributed by atoms with Gasteiger partial charge in [0.05, 0.1) is 18.8 Å². The lowest BCUT2D eigenvalue weighted by atomic mass is 10.0. The zero-order valence-electron chi connectivity index (χ0n) is 10.3. The van der Waals surface area contributed by atoms with E-state index in [4.69, 9.17) is 9.47 Å². The topological polar surface area (TPSA) is 35.5 Å². The van der Waals surface area contributed by atoms with Gasteiger partial charge in [0.15, 0.2) is 17.3 Å². The maximum atomic E-state index is 13.8. The molecule has 0 aromatic heterocycles. The number of ether oxygens (including phenoxy) is 2. The van der Waals surface area contributed by atoms with Crippen molar-refractivity contribution < 1.29 is 18.7 Å². The quantitative estimate of drug-likeness (QED) is 0.717. The van der Waals surface area contributed by atoms with Gasteiger partial charge in [-0.05, 0) is 25.5 Å². The van der Waals surface area contributed by atoms with Crippen molar-refractivity contribution in [1.82, 2.24) is 0 Å². The van der Waals surface area contributed by atoms with Crippen LogP contribution in [0.5, 0.6) is 5.75 Å². The Morgan fingerprint density at radius 1 is 1.41 bits per heavy atom.